The fraction of sp³-hybridized carbons (Fsp3) is 0.115. The molecule has 3 aromatic heterocycles. The largest absolute Gasteiger partial charge is 0.416 e. The third kappa shape index (κ3) is 4.65. The van der Waals surface area contributed by atoms with Gasteiger partial charge in [0.15, 0.2) is 0 Å². The molecule has 0 unspecified atom stereocenters. The zero-order valence-electron chi connectivity index (χ0n) is 19.1. The van der Waals surface area contributed by atoms with Crippen molar-refractivity contribution >= 4 is 28.4 Å². The second kappa shape index (κ2) is 9.21. The summed E-state index contributed by atoms with van der Waals surface area (Å²) in [6.45, 7) is 2.72. The van der Waals surface area contributed by atoms with Crippen LogP contribution in [-0.2, 0) is 12.7 Å². The number of benzene rings is 2. The van der Waals surface area contributed by atoms with Gasteiger partial charge in [-0.2, -0.15) is 18.3 Å². The first kappa shape index (κ1) is 23.2. The van der Waals surface area contributed by atoms with E-state index in [9.17, 15) is 18.0 Å². The second-order valence-corrected chi connectivity index (χ2v) is 8.08. The highest BCUT2D eigenvalue weighted by Crippen LogP contribution is 2.35. The second-order valence-electron chi connectivity index (χ2n) is 8.08. The maximum absolute atomic E-state index is 12.7. The Kier molecular flexibility index (Phi) is 5.93. The van der Waals surface area contributed by atoms with Crippen LogP contribution in [0.1, 0.15) is 12.5 Å². The molecule has 0 aliphatic rings. The van der Waals surface area contributed by atoms with Gasteiger partial charge in [-0.05, 0) is 61.0 Å². The summed E-state index contributed by atoms with van der Waals surface area (Å²) in [6.07, 6.45) is 1.17. The molecule has 0 spiro atoms. The number of amides is 2. The molecule has 36 heavy (non-hydrogen) atoms. The lowest BCUT2D eigenvalue weighted by molar-refractivity contribution is -0.137. The number of H-pyrrole nitrogens is 1. The zero-order valence-corrected chi connectivity index (χ0v) is 19.1. The van der Waals surface area contributed by atoms with Crippen molar-refractivity contribution in [3.05, 3.63) is 84.8 Å². The number of fused-ring (bicyclic) bond motifs is 1. The molecule has 0 aliphatic carbocycles. The van der Waals surface area contributed by atoms with Gasteiger partial charge in [0, 0.05) is 53.0 Å². The number of carbonyl (C=O) groups excluding carboxylic acids is 1. The smallest absolute Gasteiger partial charge is 0.346 e. The summed E-state index contributed by atoms with van der Waals surface area (Å²) < 4.78 is 40.0. The molecule has 0 saturated carbocycles. The summed E-state index contributed by atoms with van der Waals surface area (Å²) in [5.74, 6) is 0. The molecule has 3 heterocycles. The van der Waals surface area contributed by atoms with E-state index in [1.165, 1.54) is 12.1 Å². The van der Waals surface area contributed by atoms with Gasteiger partial charge in [-0.3, -0.25) is 4.68 Å². The number of aromatic amines is 1. The minimum Gasteiger partial charge on any atom is -0.346 e. The number of alkyl halides is 3. The predicted octanol–water partition coefficient (Wildman–Crippen LogP) is 6.78. The standard InChI is InChI=1S/C26H21F3N6O/c1-2-35-15-22(20-11-13-30-24-21(20)12-14-31-24)23(34-35)16-3-7-18(8-4-16)32-25(36)33-19-9-5-17(6-10-19)26(27,28)29/h3-15H,2H2,1H3,(H,30,31)(H2,32,33,36). The van der Waals surface area contributed by atoms with E-state index < -0.39 is 17.8 Å². The van der Waals surface area contributed by atoms with Gasteiger partial charge in [0.1, 0.15) is 11.3 Å². The Balaban J connectivity index is 1.35. The van der Waals surface area contributed by atoms with Gasteiger partial charge in [0.2, 0.25) is 0 Å². The quantitative estimate of drug-likeness (QED) is 0.254. The highest BCUT2D eigenvalue weighted by atomic mass is 19.4. The Morgan fingerprint density at radius 3 is 2.25 bits per heavy atom. The zero-order chi connectivity index (χ0) is 25.3. The molecule has 182 valence electrons. The molecule has 2 aromatic carbocycles. The van der Waals surface area contributed by atoms with E-state index in [4.69, 9.17) is 5.10 Å². The van der Waals surface area contributed by atoms with E-state index in [1.807, 2.05) is 48.3 Å². The molecule has 5 aromatic rings. The fourth-order valence-corrected chi connectivity index (χ4v) is 3.94. The number of urea groups is 1. The number of anilines is 2. The molecule has 0 atom stereocenters. The minimum atomic E-state index is -4.43. The molecule has 7 nitrogen and oxygen atoms in total. The Morgan fingerprint density at radius 1 is 0.944 bits per heavy atom. The van der Waals surface area contributed by atoms with Crippen LogP contribution in [-0.4, -0.2) is 25.8 Å². The molecule has 0 radical (unpaired) electrons. The number of hydrogen-bond donors (Lipinski definition) is 3. The molecule has 2 amide bonds. The van der Waals surface area contributed by atoms with E-state index in [1.54, 1.807) is 18.3 Å². The van der Waals surface area contributed by atoms with E-state index in [0.29, 0.717) is 12.2 Å². The van der Waals surface area contributed by atoms with Crippen molar-refractivity contribution in [3.8, 4) is 22.4 Å². The van der Waals surface area contributed by atoms with Gasteiger partial charge >= 0.3 is 12.2 Å². The number of carbonyl (C=O) groups is 1. The van der Waals surface area contributed by atoms with E-state index in [0.717, 1.165) is 45.6 Å². The fourth-order valence-electron chi connectivity index (χ4n) is 3.94. The molecule has 5 rings (SSSR count). The number of nitrogens with zero attached hydrogens (tertiary/aromatic N) is 3. The van der Waals surface area contributed by atoms with Gasteiger partial charge in [-0.1, -0.05) is 12.1 Å². The van der Waals surface area contributed by atoms with Gasteiger partial charge in [-0.25, -0.2) is 9.78 Å². The van der Waals surface area contributed by atoms with Crippen LogP contribution in [0, 0.1) is 0 Å². The number of rotatable bonds is 5. The highest BCUT2D eigenvalue weighted by molar-refractivity contribution is 6.00. The molecular weight excluding hydrogens is 469 g/mol. The Bertz CT molecular complexity index is 1520. The lowest BCUT2D eigenvalue weighted by atomic mass is 10.0. The first-order valence-electron chi connectivity index (χ1n) is 11.2. The lowest BCUT2D eigenvalue weighted by Crippen LogP contribution is -2.19. The third-order valence-electron chi connectivity index (χ3n) is 5.72. The molecule has 0 bridgehead atoms. The van der Waals surface area contributed by atoms with E-state index >= 15 is 0 Å². The van der Waals surface area contributed by atoms with Gasteiger partial charge in [0.25, 0.3) is 0 Å². The maximum Gasteiger partial charge on any atom is 0.416 e. The van der Waals surface area contributed by atoms with Crippen molar-refractivity contribution in [2.45, 2.75) is 19.6 Å². The molecule has 0 saturated heterocycles. The van der Waals surface area contributed by atoms with Crippen molar-refractivity contribution in [2.24, 2.45) is 0 Å². The van der Waals surface area contributed by atoms with Crippen LogP contribution in [0.5, 0.6) is 0 Å². The predicted molar refractivity (Wildman–Crippen MR) is 133 cm³/mol. The van der Waals surface area contributed by atoms with Gasteiger partial charge in [-0.15, -0.1) is 0 Å². The highest BCUT2D eigenvalue weighted by Gasteiger charge is 2.30. The van der Waals surface area contributed by atoms with Crippen molar-refractivity contribution in [2.75, 3.05) is 10.6 Å². The van der Waals surface area contributed by atoms with Crippen LogP contribution in [0.15, 0.2) is 79.3 Å². The van der Waals surface area contributed by atoms with Gasteiger partial charge in [0.05, 0.1) is 5.56 Å². The Hall–Kier alpha value is -4.60. The van der Waals surface area contributed by atoms with Crippen LogP contribution < -0.4 is 10.6 Å². The van der Waals surface area contributed by atoms with E-state index in [-0.39, 0.29) is 5.69 Å². The summed E-state index contributed by atoms with van der Waals surface area (Å²) in [7, 11) is 0. The molecule has 0 fully saturated rings. The summed E-state index contributed by atoms with van der Waals surface area (Å²) in [5.41, 5.74) is 4.42. The average molecular weight is 490 g/mol. The van der Waals surface area contributed by atoms with Crippen molar-refractivity contribution < 1.29 is 18.0 Å². The summed E-state index contributed by atoms with van der Waals surface area (Å²) in [4.78, 5) is 19.8. The normalized spacial score (nSPS) is 11.6. The monoisotopic (exact) mass is 490 g/mol. The number of aromatic nitrogens is 4. The number of aryl methyl sites for hydroxylation is 1. The number of pyridine rings is 1. The summed E-state index contributed by atoms with van der Waals surface area (Å²) >= 11 is 0. The van der Waals surface area contributed by atoms with Crippen molar-refractivity contribution in [3.63, 3.8) is 0 Å². The average Bonchev–Trinajstić information content (AvgIpc) is 3.51. The van der Waals surface area contributed by atoms with Crippen LogP contribution in [0.25, 0.3) is 33.4 Å². The van der Waals surface area contributed by atoms with Crippen LogP contribution in [0.3, 0.4) is 0 Å². The maximum atomic E-state index is 12.7. The molecule has 0 aliphatic heterocycles. The third-order valence-corrected chi connectivity index (χ3v) is 5.72. The molecule has 10 heteroatoms. The summed E-state index contributed by atoms with van der Waals surface area (Å²) in [5, 5.41) is 11.0. The van der Waals surface area contributed by atoms with Crippen LogP contribution in [0.2, 0.25) is 0 Å². The first-order chi connectivity index (χ1) is 17.3. The van der Waals surface area contributed by atoms with Crippen molar-refractivity contribution in [1.29, 1.82) is 0 Å². The molecular formula is C26H21F3N6O. The van der Waals surface area contributed by atoms with Crippen LogP contribution in [0.4, 0.5) is 29.3 Å². The molecule has 3 N–H and O–H groups in total. The number of hydrogen-bond acceptors (Lipinski definition) is 3. The summed E-state index contributed by atoms with van der Waals surface area (Å²) in [6, 6.07) is 14.8. The topological polar surface area (TPSA) is 87.6 Å². The Labute approximate surface area is 204 Å². The number of halogens is 3. The lowest BCUT2D eigenvalue weighted by Gasteiger charge is -2.10. The SMILES string of the molecule is CCn1cc(-c2ccnc3[nH]ccc23)c(-c2ccc(NC(=O)Nc3ccc(C(F)(F)F)cc3)cc2)n1. The number of nitrogens with one attached hydrogen (secondary N) is 3. The van der Waals surface area contributed by atoms with Crippen molar-refractivity contribution in [1.82, 2.24) is 19.7 Å². The minimum absolute atomic E-state index is 0.250. The Morgan fingerprint density at radius 2 is 1.61 bits per heavy atom. The van der Waals surface area contributed by atoms with E-state index in [2.05, 4.69) is 20.6 Å². The van der Waals surface area contributed by atoms with Crippen LogP contribution >= 0.6 is 0 Å². The van der Waals surface area contributed by atoms with Gasteiger partial charge < -0.3 is 15.6 Å². The first-order valence-corrected chi connectivity index (χ1v) is 11.2.